The molecule has 0 aromatic carbocycles. The summed E-state index contributed by atoms with van der Waals surface area (Å²) in [6.07, 6.45) is -4.51. The molecule has 1 heterocycles. The fourth-order valence-electron chi connectivity index (χ4n) is 1.14. The fourth-order valence-corrected chi connectivity index (χ4v) is 1.14. The number of aromatic nitrogens is 2. The summed E-state index contributed by atoms with van der Waals surface area (Å²) in [6, 6.07) is -0.301. The van der Waals surface area contributed by atoms with Crippen LogP contribution in [0.1, 0.15) is 31.1 Å². The summed E-state index contributed by atoms with van der Waals surface area (Å²) in [7, 11) is 0. The van der Waals surface area contributed by atoms with Gasteiger partial charge in [-0.05, 0) is 20.8 Å². The highest BCUT2D eigenvalue weighted by Crippen LogP contribution is 2.35. The summed E-state index contributed by atoms with van der Waals surface area (Å²) in [5.74, 6) is -0.424. The van der Waals surface area contributed by atoms with Gasteiger partial charge in [-0.15, -0.1) is 0 Å². The summed E-state index contributed by atoms with van der Waals surface area (Å²) >= 11 is 0. The molecule has 1 aromatic rings. The molecule has 0 radical (unpaired) electrons. The van der Waals surface area contributed by atoms with Crippen molar-refractivity contribution in [3.63, 3.8) is 0 Å². The Labute approximate surface area is 79.2 Å². The largest absolute Gasteiger partial charge is 0.493 e. The summed E-state index contributed by atoms with van der Waals surface area (Å²) in [5.41, 5.74) is -1.25. The minimum absolute atomic E-state index is 0.230. The minimum Gasteiger partial charge on any atom is -0.493 e. The van der Waals surface area contributed by atoms with Crippen LogP contribution >= 0.6 is 0 Å². The van der Waals surface area contributed by atoms with Gasteiger partial charge in [0.25, 0.3) is 0 Å². The predicted octanol–water partition coefficient (Wildman–Crippen LogP) is 2.50. The first-order valence-electron chi connectivity index (χ1n) is 4.10. The van der Waals surface area contributed by atoms with Crippen molar-refractivity contribution in [1.29, 1.82) is 0 Å². The number of nitrogens with zero attached hydrogens (tertiary/aromatic N) is 2. The average molecular weight is 208 g/mol. The third kappa shape index (κ3) is 1.69. The molecule has 14 heavy (non-hydrogen) atoms. The van der Waals surface area contributed by atoms with Gasteiger partial charge in [0.2, 0.25) is 5.88 Å². The molecule has 0 bridgehead atoms. The van der Waals surface area contributed by atoms with Crippen molar-refractivity contribution in [3.05, 3.63) is 11.3 Å². The van der Waals surface area contributed by atoms with Crippen LogP contribution in [0.2, 0.25) is 0 Å². The van der Waals surface area contributed by atoms with Crippen molar-refractivity contribution in [2.75, 3.05) is 0 Å². The molecular formula is C8H11F3N2O. The first kappa shape index (κ1) is 10.9. The van der Waals surface area contributed by atoms with Crippen molar-refractivity contribution in [2.45, 2.75) is 33.0 Å². The van der Waals surface area contributed by atoms with E-state index in [0.29, 0.717) is 0 Å². The second kappa shape index (κ2) is 3.18. The van der Waals surface area contributed by atoms with Gasteiger partial charge in [0.05, 0.1) is 6.04 Å². The van der Waals surface area contributed by atoms with Gasteiger partial charge in [-0.1, -0.05) is 0 Å². The Balaban J connectivity index is 3.29. The number of halogens is 3. The standard InChI is InChI=1S/C8H11F3N2O/c1-4(2)13-7(14)5(3)6(12-13)8(9,10)11/h4,14H,1-3H3. The summed E-state index contributed by atoms with van der Waals surface area (Å²) in [5, 5.41) is 12.7. The van der Waals surface area contributed by atoms with Gasteiger partial charge >= 0.3 is 6.18 Å². The Kier molecular flexibility index (Phi) is 2.47. The second-order valence-corrected chi connectivity index (χ2v) is 3.33. The van der Waals surface area contributed by atoms with Crippen LogP contribution in [-0.4, -0.2) is 14.9 Å². The molecule has 1 rings (SSSR count). The zero-order chi connectivity index (χ0) is 11.1. The van der Waals surface area contributed by atoms with Crippen LogP contribution in [0.25, 0.3) is 0 Å². The molecule has 0 aliphatic heterocycles. The van der Waals surface area contributed by atoms with E-state index in [2.05, 4.69) is 5.10 Å². The van der Waals surface area contributed by atoms with E-state index in [0.717, 1.165) is 4.68 Å². The lowest BCUT2D eigenvalue weighted by Gasteiger charge is -2.05. The van der Waals surface area contributed by atoms with E-state index in [1.54, 1.807) is 13.8 Å². The van der Waals surface area contributed by atoms with Crippen LogP contribution in [0, 0.1) is 6.92 Å². The summed E-state index contributed by atoms with van der Waals surface area (Å²) < 4.78 is 37.9. The van der Waals surface area contributed by atoms with Crippen LogP contribution in [0.4, 0.5) is 13.2 Å². The van der Waals surface area contributed by atoms with Crippen LogP contribution < -0.4 is 0 Å². The zero-order valence-electron chi connectivity index (χ0n) is 8.05. The molecular weight excluding hydrogens is 197 g/mol. The molecule has 0 spiro atoms. The van der Waals surface area contributed by atoms with Crippen LogP contribution in [0.5, 0.6) is 5.88 Å². The van der Waals surface area contributed by atoms with Crippen molar-refractivity contribution >= 4 is 0 Å². The molecule has 0 atom stereocenters. The van der Waals surface area contributed by atoms with E-state index >= 15 is 0 Å². The number of alkyl halides is 3. The van der Waals surface area contributed by atoms with Gasteiger partial charge < -0.3 is 5.11 Å². The Hall–Kier alpha value is -1.20. The Morgan fingerprint density at radius 3 is 2.07 bits per heavy atom. The maximum atomic E-state index is 12.3. The van der Waals surface area contributed by atoms with E-state index in [1.165, 1.54) is 6.92 Å². The molecule has 80 valence electrons. The molecule has 0 amide bonds. The van der Waals surface area contributed by atoms with Crippen LogP contribution in [0.3, 0.4) is 0 Å². The van der Waals surface area contributed by atoms with Crippen molar-refractivity contribution in [1.82, 2.24) is 9.78 Å². The first-order chi connectivity index (χ1) is 6.25. The van der Waals surface area contributed by atoms with Gasteiger partial charge in [-0.2, -0.15) is 18.3 Å². The molecule has 0 saturated heterocycles. The van der Waals surface area contributed by atoms with Gasteiger partial charge in [0, 0.05) is 5.56 Å². The van der Waals surface area contributed by atoms with Gasteiger partial charge in [0.15, 0.2) is 5.69 Å². The lowest BCUT2D eigenvalue weighted by Crippen LogP contribution is -2.09. The molecule has 0 aliphatic rings. The van der Waals surface area contributed by atoms with E-state index in [4.69, 9.17) is 0 Å². The third-order valence-corrected chi connectivity index (χ3v) is 1.87. The summed E-state index contributed by atoms with van der Waals surface area (Å²) in [6.45, 7) is 4.49. The molecule has 6 heteroatoms. The SMILES string of the molecule is Cc1c(C(F)(F)F)nn(C(C)C)c1O. The highest BCUT2D eigenvalue weighted by molar-refractivity contribution is 5.31. The molecule has 0 saturated carbocycles. The average Bonchev–Trinajstić information content (AvgIpc) is 2.28. The van der Waals surface area contributed by atoms with E-state index in [-0.39, 0.29) is 11.6 Å². The maximum Gasteiger partial charge on any atom is 0.435 e. The quantitative estimate of drug-likeness (QED) is 0.769. The highest BCUT2D eigenvalue weighted by Gasteiger charge is 2.38. The highest BCUT2D eigenvalue weighted by atomic mass is 19.4. The van der Waals surface area contributed by atoms with Crippen LogP contribution in [-0.2, 0) is 6.18 Å². The molecule has 1 aromatic heterocycles. The molecule has 0 fully saturated rings. The van der Waals surface area contributed by atoms with Crippen molar-refractivity contribution < 1.29 is 18.3 Å². The normalized spacial score (nSPS) is 12.5. The van der Waals surface area contributed by atoms with E-state index in [9.17, 15) is 18.3 Å². The molecule has 0 aliphatic carbocycles. The smallest absolute Gasteiger partial charge is 0.435 e. The number of hydrogen-bond donors (Lipinski definition) is 1. The molecule has 1 N–H and O–H groups in total. The van der Waals surface area contributed by atoms with E-state index in [1.807, 2.05) is 0 Å². The molecule has 3 nitrogen and oxygen atoms in total. The minimum atomic E-state index is -4.51. The number of rotatable bonds is 1. The number of aromatic hydroxyl groups is 1. The third-order valence-electron chi connectivity index (χ3n) is 1.87. The van der Waals surface area contributed by atoms with Crippen LogP contribution in [0.15, 0.2) is 0 Å². The van der Waals surface area contributed by atoms with Crippen molar-refractivity contribution in [3.8, 4) is 5.88 Å². The Morgan fingerprint density at radius 2 is 1.86 bits per heavy atom. The monoisotopic (exact) mass is 208 g/mol. The van der Waals surface area contributed by atoms with Gasteiger partial charge in [0.1, 0.15) is 0 Å². The lowest BCUT2D eigenvalue weighted by atomic mass is 10.2. The topological polar surface area (TPSA) is 38.0 Å². The Morgan fingerprint density at radius 1 is 1.36 bits per heavy atom. The van der Waals surface area contributed by atoms with Gasteiger partial charge in [-0.25, -0.2) is 4.68 Å². The summed E-state index contributed by atoms with van der Waals surface area (Å²) in [4.78, 5) is 0. The van der Waals surface area contributed by atoms with Gasteiger partial charge in [-0.3, -0.25) is 0 Å². The lowest BCUT2D eigenvalue weighted by molar-refractivity contribution is -0.142. The van der Waals surface area contributed by atoms with Crippen molar-refractivity contribution in [2.24, 2.45) is 0 Å². The zero-order valence-corrected chi connectivity index (χ0v) is 8.05. The predicted molar refractivity (Wildman–Crippen MR) is 44.0 cm³/mol. The molecule has 0 unspecified atom stereocenters. The van der Waals surface area contributed by atoms with E-state index < -0.39 is 17.8 Å². The fraction of sp³-hybridized carbons (Fsp3) is 0.625. The Bertz CT molecular complexity index is 341. The maximum absolute atomic E-state index is 12.3. The first-order valence-corrected chi connectivity index (χ1v) is 4.10. The number of hydrogen-bond acceptors (Lipinski definition) is 2. The second-order valence-electron chi connectivity index (χ2n) is 3.33.